The predicted octanol–water partition coefficient (Wildman–Crippen LogP) is 3.45. The number of benzene rings is 1. The maximum atomic E-state index is 12.2. The van der Waals surface area contributed by atoms with E-state index in [4.69, 9.17) is 4.74 Å². The highest BCUT2D eigenvalue weighted by molar-refractivity contribution is 5.88. The first-order valence-corrected chi connectivity index (χ1v) is 7.68. The molecule has 0 aromatic heterocycles. The quantitative estimate of drug-likeness (QED) is 0.903. The van der Waals surface area contributed by atoms with Gasteiger partial charge in [0.2, 0.25) is 0 Å². The van der Waals surface area contributed by atoms with Crippen molar-refractivity contribution >= 4 is 11.9 Å². The van der Waals surface area contributed by atoms with Gasteiger partial charge in [-0.1, -0.05) is 49.6 Å². The SMILES string of the molecule is C[C@H](NC(=O)OCc1ccccc1)C(=O)C1CCCCC1. The zero-order valence-corrected chi connectivity index (χ0v) is 12.5. The van der Waals surface area contributed by atoms with Crippen molar-refractivity contribution in [2.75, 3.05) is 0 Å². The van der Waals surface area contributed by atoms with Crippen LogP contribution in [0.2, 0.25) is 0 Å². The summed E-state index contributed by atoms with van der Waals surface area (Å²) >= 11 is 0. The lowest BCUT2D eigenvalue weighted by molar-refractivity contribution is -0.125. The number of amides is 1. The summed E-state index contributed by atoms with van der Waals surface area (Å²) in [6.07, 6.45) is 4.80. The molecule has 0 heterocycles. The van der Waals surface area contributed by atoms with Gasteiger partial charge in [-0.25, -0.2) is 4.79 Å². The topological polar surface area (TPSA) is 55.4 Å². The van der Waals surface area contributed by atoms with Gasteiger partial charge in [-0.05, 0) is 25.3 Å². The average molecular weight is 289 g/mol. The van der Waals surface area contributed by atoms with E-state index in [9.17, 15) is 9.59 Å². The van der Waals surface area contributed by atoms with E-state index < -0.39 is 12.1 Å². The molecule has 0 bridgehead atoms. The van der Waals surface area contributed by atoms with E-state index in [0.717, 1.165) is 31.2 Å². The summed E-state index contributed by atoms with van der Waals surface area (Å²) in [5, 5.41) is 2.64. The molecule has 0 spiro atoms. The van der Waals surface area contributed by atoms with E-state index in [1.807, 2.05) is 30.3 Å². The molecule has 1 aliphatic rings. The molecule has 0 saturated heterocycles. The predicted molar refractivity (Wildman–Crippen MR) is 80.8 cm³/mol. The maximum absolute atomic E-state index is 12.2. The zero-order chi connectivity index (χ0) is 15.1. The Morgan fingerprint density at radius 3 is 2.52 bits per heavy atom. The first kappa shape index (κ1) is 15.5. The summed E-state index contributed by atoms with van der Waals surface area (Å²) in [6.45, 7) is 1.96. The molecule has 4 nitrogen and oxygen atoms in total. The van der Waals surface area contributed by atoms with Gasteiger partial charge in [0.25, 0.3) is 0 Å². The normalized spacial score (nSPS) is 17.0. The minimum atomic E-state index is -0.532. The van der Waals surface area contributed by atoms with E-state index in [-0.39, 0.29) is 18.3 Å². The molecule has 2 rings (SSSR count). The van der Waals surface area contributed by atoms with E-state index in [0.29, 0.717) is 0 Å². The smallest absolute Gasteiger partial charge is 0.408 e. The molecule has 21 heavy (non-hydrogen) atoms. The molecule has 114 valence electrons. The summed E-state index contributed by atoms with van der Waals surface area (Å²) in [5.41, 5.74) is 0.930. The fraction of sp³-hybridized carbons (Fsp3) is 0.529. The van der Waals surface area contributed by atoms with Crippen LogP contribution >= 0.6 is 0 Å². The van der Waals surface area contributed by atoms with Crippen molar-refractivity contribution in [1.82, 2.24) is 5.32 Å². The van der Waals surface area contributed by atoms with E-state index in [1.165, 1.54) is 6.42 Å². The Bertz CT molecular complexity index is 466. The maximum Gasteiger partial charge on any atom is 0.408 e. The van der Waals surface area contributed by atoms with Crippen LogP contribution in [0.5, 0.6) is 0 Å². The number of carbonyl (C=O) groups excluding carboxylic acids is 2. The van der Waals surface area contributed by atoms with Crippen LogP contribution < -0.4 is 5.32 Å². The second-order valence-corrected chi connectivity index (χ2v) is 5.67. The van der Waals surface area contributed by atoms with Crippen LogP contribution in [0, 0.1) is 5.92 Å². The van der Waals surface area contributed by atoms with Gasteiger partial charge in [-0.15, -0.1) is 0 Å². The Balaban J connectivity index is 1.74. The molecule has 4 heteroatoms. The third kappa shape index (κ3) is 4.88. The van der Waals surface area contributed by atoms with Crippen molar-refractivity contribution in [3.8, 4) is 0 Å². The molecule has 1 N–H and O–H groups in total. The standard InChI is InChI=1S/C17H23NO3/c1-13(16(19)15-10-6-3-7-11-15)18-17(20)21-12-14-8-4-2-5-9-14/h2,4-5,8-9,13,15H,3,6-7,10-12H2,1H3,(H,18,20)/t13-/m0/s1. The van der Waals surface area contributed by atoms with Gasteiger partial charge in [0.05, 0.1) is 6.04 Å². The van der Waals surface area contributed by atoms with Crippen LogP contribution in [0.25, 0.3) is 0 Å². The number of rotatable bonds is 5. The highest BCUT2D eigenvalue weighted by Crippen LogP contribution is 2.25. The number of Topliss-reactive ketones (excluding diaryl/α,β-unsaturated/α-hetero) is 1. The molecule has 1 fully saturated rings. The molecular formula is C17H23NO3. The zero-order valence-electron chi connectivity index (χ0n) is 12.5. The second kappa shape index (κ2) is 7.81. The molecule has 0 aliphatic heterocycles. The van der Waals surface area contributed by atoms with Crippen molar-refractivity contribution in [3.05, 3.63) is 35.9 Å². The first-order chi connectivity index (χ1) is 10.2. The average Bonchev–Trinajstić information content (AvgIpc) is 2.54. The van der Waals surface area contributed by atoms with Gasteiger partial charge >= 0.3 is 6.09 Å². The highest BCUT2D eigenvalue weighted by Gasteiger charge is 2.26. The number of nitrogens with one attached hydrogen (secondary N) is 1. The van der Waals surface area contributed by atoms with Crippen molar-refractivity contribution in [3.63, 3.8) is 0 Å². The second-order valence-electron chi connectivity index (χ2n) is 5.67. The lowest BCUT2D eigenvalue weighted by Crippen LogP contribution is -2.42. The number of carbonyl (C=O) groups is 2. The number of hydrogen-bond acceptors (Lipinski definition) is 3. The monoisotopic (exact) mass is 289 g/mol. The van der Waals surface area contributed by atoms with E-state index in [2.05, 4.69) is 5.32 Å². The van der Waals surface area contributed by atoms with Gasteiger partial charge in [0.15, 0.2) is 5.78 Å². The first-order valence-electron chi connectivity index (χ1n) is 7.68. The Morgan fingerprint density at radius 1 is 1.19 bits per heavy atom. The minimum Gasteiger partial charge on any atom is -0.445 e. The van der Waals surface area contributed by atoms with Crippen LogP contribution in [-0.2, 0) is 16.1 Å². The van der Waals surface area contributed by atoms with Crippen LogP contribution in [0.3, 0.4) is 0 Å². The fourth-order valence-electron chi connectivity index (χ4n) is 2.75. The summed E-state index contributed by atoms with van der Waals surface area (Å²) in [7, 11) is 0. The van der Waals surface area contributed by atoms with Gasteiger partial charge in [0.1, 0.15) is 6.61 Å². The van der Waals surface area contributed by atoms with Crippen molar-refractivity contribution in [2.45, 2.75) is 51.7 Å². The molecule has 1 aliphatic carbocycles. The Kier molecular flexibility index (Phi) is 5.78. The van der Waals surface area contributed by atoms with Gasteiger partial charge < -0.3 is 10.1 Å². The molecule has 0 radical (unpaired) electrons. The number of ketones is 1. The minimum absolute atomic E-state index is 0.100. The van der Waals surface area contributed by atoms with Crippen LogP contribution in [0.4, 0.5) is 4.79 Å². The molecule has 1 aromatic rings. The van der Waals surface area contributed by atoms with Crippen LogP contribution in [-0.4, -0.2) is 17.9 Å². The van der Waals surface area contributed by atoms with Crippen molar-refractivity contribution in [1.29, 1.82) is 0 Å². The Labute approximate surface area is 125 Å². The molecule has 1 atom stereocenters. The Morgan fingerprint density at radius 2 is 1.86 bits per heavy atom. The Hall–Kier alpha value is -1.84. The lowest BCUT2D eigenvalue weighted by atomic mass is 9.84. The highest BCUT2D eigenvalue weighted by atomic mass is 16.5. The van der Waals surface area contributed by atoms with Crippen LogP contribution in [0.15, 0.2) is 30.3 Å². The summed E-state index contributed by atoms with van der Waals surface area (Å²) < 4.78 is 5.13. The number of ether oxygens (including phenoxy) is 1. The van der Waals surface area contributed by atoms with Crippen molar-refractivity contribution in [2.24, 2.45) is 5.92 Å². The van der Waals surface area contributed by atoms with Gasteiger partial charge in [-0.2, -0.15) is 0 Å². The molecule has 1 saturated carbocycles. The lowest BCUT2D eigenvalue weighted by Gasteiger charge is -2.23. The van der Waals surface area contributed by atoms with Crippen LogP contribution in [0.1, 0.15) is 44.6 Å². The van der Waals surface area contributed by atoms with E-state index >= 15 is 0 Å². The molecule has 1 aromatic carbocycles. The van der Waals surface area contributed by atoms with Crippen molar-refractivity contribution < 1.29 is 14.3 Å². The summed E-state index contributed by atoms with van der Waals surface area (Å²) in [4.78, 5) is 24.0. The molecule has 1 amide bonds. The third-order valence-corrected chi connectivity index (χ3v) is 3.98. The van der Waals surface area contributed by atoms with E-state index in [1.54, 1.807) is 6.92 Å². The van der Waals surface area contributed by atoms with Gasteiger partial charge in [0, 0.05) is 5.92 Å². The number of hydrogen-bond donors (Lipinski definition) is 1. The molecular weight excluding hydrogens is 266 g/mol. The summed E-state index contributed by atoms with van der Waals surface area (Å²) in [6, 6.07) is 9.01. The largest absolute Gasteiger partial charge is 0.445 e. The third-order valence-electron chi connectivity index (χ3n) is 3.98. The number of alkyl carbamates (subject to hydrolysis) is 1. The van der Waals surface area contributed by atoms with Gasteiger partial charge in [-0.3, -0.25) is 4.79 Å². The fourth-order valence-corrected chi connectivity index (χ4v) is 2.75. The molecule has 0 unspecified atom stereocenters. The summed E-state index contributed by atoms with van der Waals surface area (Å²) in [5.74, 6) is 0.231.